The van der Waals surface area contributed by atoms with Crippen LogP contribution >= 0.6 is 0 Å². The van der Waals surface area contributed by atoms with Gasteiger partial charge in [-0.15, -0.1) is 0 Å². The maximum absolute atomic E-state index is 12.4. The Morgan fingerprint density at radius 1 is 1.27 bits per heavy atom. The number of fused-ring (bicyclic) bond motifs is 2. The molecule has 2 heterocycles. The van der Waals surface area contributed by atoms with E-state index >= 15 is 0 Å². The van der Waals surface area contributed by atoms with Crippen molar-refractivity contribution in [3.8, 4) is 5.75 Å². The molecule has 4 rings (SSSR count). The second kappa shape index (κ2) is 7.88. The van der Waals surface area contributed by atoms with E-state index in [-0.39, 0.29) is 18.1 Å². The molecule has 3 atom stereocenters. The van der Waals surface area contributed by atoms with Crippen LogP contribution in [0.25, 0.3) is 10.9 Å². The van der Waals surface area contributed by atoms with Crippen LogP contribution in [0.1, 0.15) is 18.4 Å². The van der Waals surface area contributed by atoms with Gasteiger partial charge in [0.1, 0.15) is 5.75 Å². The molecule has 1 aliphatic carbocycles. The van der Waals surface area contributed by atoms with Gasteiger partial charge >= 0.3 is 0 Å². The van der Waals surface area contributed by atoms with Gasteiger partial charge < -0.3 is 19.9 Å². The fourth-order valence-corrected chi connectivity index (χ4v) is 4.20. The summed E-state index contributed by atoms with van der Waals surface area (Å²) in [4.78, 5) is 26.0. The first kappa shape index (κ1) is 18.4. The van der Waals surface area contributed by atoms with Crippen molar-refractivity contribution in [1.29, 1.82) is 0 Å². The van der Waals surface area contributed by atoms with Crippen molar-refractivity contribution >= 4 is 17.4 Å². The monoisotopic (exact) mass is 360 g/mol. The van der Waals surface area contributed by atoms with Crippen LogP contribution in [0.3, 0.4) is 0 Å². The second-order valence-electron chi connectivity index (χ2n) is 7.02. The third kappa shape index (κ3) is 3.89. The lowest BCUT2D eigenvalue weighted by atomic mass is 10.0. The predicted octanol–water partition coefficient (Wildman–Crippen LogP) is 1.44. The van der Waals surface area contributed by atoms with Crippen molar-refractivity contribution in [2.45, 2.75) is 25.5 Å². The number of H-pyrrole nitrogens is 1. The average Bonchev–Trinajstić information content (AvgIpc) is 3.12. The molecule has 1 aliphatic heterocycles. The Morgan fingerprint density at radius 3 is 2.54 bits per heavy atom. The Morgan fingerprint density at radius 2 is 1.92 bits per heavy atom. The zero-order chi connectivity index (χ0) is 18.7. The van der Waals surface area contributed by atoms with E-state index in [9.17, 15) is 9.90 Å². The number of nitrogens with zero attached hydrogens (tertiary/aromatic N) is 1. The van der Waals surface area contributed by atoms with Crippen molar-refractivity contribution in [3.05, 3.63) is 40.2 Å². The average molecular weight is 360 g/mol. The number of pyridine rings is 1. The van der Waals surface area contributed by atoms with Gasteiger partial charge in [-0.25, -0.2) is 0 Å². The molecule has 26 heavy (non-hydrogen) atoms. The number of aromatic amines is 1. The quantitative estimate of drug-likeness (QED) is 0.716. The molecule has 0 radical (unpaired) electrons. The van der Waals surface area contributed by atoms with Gasteiger partial charge in [-0.3, -0.25) is 14.5 Å². The van der Waals surface area contributed by atoms with Crippen LogP contribution in [0.2, 0.25) is 0 Å². The zero-order valence-electron chi connectivity index (χ0n) is 14.7. The van der Waals surface area contributed by atoms with Gasteiger partial charge in [0.05, 0.1) is 18.7 Å². The second-order valence-corrected chi connectivity index (χ2v) is 7.02. The maximum Gasteiger partial charge on any atom is 0.290 e. The minimum absolute atomic E-state index is 0.0251. The summed E-state index contributed by atoms with van der Waals surface area (Å²) in [6.45, 7) is 2.41. The summed E-state index contributed by atoms with van der Waals surface area (Å²) in [6.07, 6.45) is 1.70. The number of rotatable bonds is 3. The number of benzene rings is 1. The first-order valence-corrected chi connectivity index (χ1v) is 8.72. The van der Waals surface area contributed by atoms with E-state index < -0.39 is 0 Å². The molecule has 1 aromatic heterocycles. The highest BCUT2D eigenvalue weighted by Gasteiger charge is 2.40. The van der Waals surface area contributed by atoms with Crippen molar-refractivity contribution in [3.63, 3.8) is 0 Å². The lowest BCUT2D eigenvalue weighted by Crippen LogP contribution is -2.26. The Hall–Kier alpha value is -2.38. The molecule has 0 bridgehead atoms. The number of hydrogen-bond acceptors (Lipinski definition) is 5. The number of methoxy groups -OCH3 is 1. The molecule has 2 fully saturated rings. The molecule has 7 nitrogen and oxygen atoms in total. The predicted molar refractivity (Wildman–Crippen MR) is 97.3 cm³/mol. The SMILES string of the molecule is COc1ccc2cc(CN3C[C@H]4CC(O)C[C@H]4C3)c(=O)[nH]c2c1.O=CO. The Bertz CT molecular complexity index is 820. The number of nitrogens with one attached hydrogen (secondary N) is 1. The van der Waals surface area contributed by atoms with Gasteiger partial charge in [-0.1, -0.05) is 0 Å². The maximum atomic E-state index is 12.4. The van der Waals surface area contributed by atoms with Crippen LogP contribution in [0, 0.1) is 11.8 Å². The number of carboxylic acid groups (broad SMARTS) is 1. The third-order valence-electron chi connectivity index (χ3n) is 5.33. The van der Waals surface area contributed by atoms with Gasteiger partial charge in [0.15, 0.2) is 0 Å². The fraction of sp³-hybridized carbons (Fsp3) is 0.474. The summed E-state index contributed by atoms with van der Waals surface area (Å²) in [5.41, 5.74) is 1.59. The molecule has 2 aliphatic rings. The standard InChI is InChI=1S/C18H22N2O3.CH2O2/c1-23-16-3-2-11-4-14(18(22)19-17(11)7-16)10-20-8-12-5-15(21)6-13(12)9-20;2-1-3/h2-4,7,12-13,15,21H,5-6,8-10H2,1H3,(H,19,22);1H,(H,2,3)/t12-,13+,15?;. The van der Waals surface area contributed by atoms with Gasteiger partial charge in [-0.2, -0.15) is 0 Å². The fourth-order valence-electron chi connectivity index (χ4n) is 4.20. The van der Waals surface area contributed by atoms with Crippen molar-refractivity contribution < 1.29 is 19.7 Å². The van der Waals surface area contributed by atoms with Crippen molar-refractivity contribution in [2.75, 3.05) is 20.2 Å². The van der Waals surface area contributed by atoms with Crippen molar-refractivity contribution in [2.24, 2.45) is 11.8 Å². The molecule has 2 aromatic rings. The first-order valence-electron chi connectivity index (χ1n) is 8.72. The van der Waals surface area contributed by atoms with Gasteiger partial charge in [0.25, 0.3) is 12.0 Å². The van der Waals surface area contributed by atoms with Crippen LogP contribution in [-0.2, 0) is 11.3 Å². The summed E-state index contributed by atoms with van der Waals surface area (Å²) < 4.78 is 5.20. The van der Waals surface area contributed by atoms with E-state index in [4.69, 9.17) is 14.6 Å². The molecule has 1 aromatic carbocycles. The molecule has 1 unspecified atom stereocenters. The van der Waals surface area contributed by atoms with Crippen molar-refractivity contribution in [1.82, 2.24) is 9.88 Å². The number of aromatic nitrogens is 1. The third-order valence-corrected chi connectivity index (χ3v) is 5.33. The highest BCUT2D eigenvalue weighted by Crippen LogP contribution is 2.38. The Labute approximate surface area is 151 Å². The summed E-state index contributed by atoms with van der Waals surface area (Å²) >= 11 is 0. The van der Waals surface area contributed by atoms with E-state index in [1.165, 1.54) is 0 Å². The van der Waals surface area contributed by atoms with E-state index in [1.54, 1.807) is 7.11 Å². The van der Waals surface area contributed by atoms with Gasteiger partial charge in [0, 0.05) is 31.3 Å². The normalized spacial score (nSPS) is 24.8. The summed E-state index contributed by atoms with van der Waals surface area (Å²) in [7, 11) is 1.62. The zero-order valence-corrected chi connectivity index (χ0v) is 14.7. The van der Waals surface area contributed by atoms with Crippen LogP contribution < -0.4 is 10.3 Å². The molecule has 1 saturated heterocycles. The van der Waals surface area contributed by atoms with Crippen LogP contribution in [-0.4, -0.2) is 52.9 Å². The highest BCUT2D eigenvalue weighted by molar-refractivity contribution is 5.80. The van der Waals surface area contributed by atoms with E-state index in [0.717, 1.165) is 48.1 Å². The molecule has 0 spiro atoms. The molecule has 1 saturated carbocycles. The van der Waals surface area contributed by atoms with Crippen LogP contribution in [0.4, 0.5) is 0 Å². The van der Waals surface area contributed by atoms with E-state index in [2.05, 4.69) is 9.88 Å². The minimum Gasteiger partial charge on any atom is -0.497 e. The largest absolute Gasteiger partial charge is 0.497 e. The number of aliphatic hydroxyl groups is 1. The highest BCUT2D eigenvalue weighted by atomic mass is 16.5. The number of likely N-dealkylation sites (tertiary alicyclic amines) is 1. The first-order chi connectivity index (χ1) is 12.5. The lowest BCUT2D eigenvalue weighted by molar-refractivity contribution is -0.122. The molecule has 3 N–H and O–H groups in total. The van der Waals surface area contributed by atoms with Gasteiger partial charge in [0.2, 0.25) is 0 Å². The lowest BCUT2D eigenvalue weighted by Gasteiger charge is -2.17. The smallest absolute Gasteiger partial charge is 0.290 e. The molecular formula is C19H24N2O5. The summed E-state index contributed by atoms with van der Waals surface area (Å²) in [5, 5.41) is 17.6. The number of carbonyl (C=O) groups is 1. The number of aliphatic hydroxyl groups excluding tert-OH is 1. The molecule has 140 valence electrons. The topological polar surface area (TPSA) is 103 Å². The Balaban J connectivity index is 0.000000613. The van der Waals surface area contributed by atoms with Gasteiger partial charge in [-0.05, 0) is 48.3 Å². The Kier molecular flexibility index (Phi) is 5.58. The van der Waals surface area contributed by atoms with Crippen LogP contribution in [0.15, 0.2) is 29.1 Å². The molecule has 7 heteroatoms. The molecule has 0 amide bonds. The minimum atomic E-state index is -0.250. The summed E-state index contributed by atoms with van der Waals surface area (Å²) in [5.74, 6) is 1.93. The number of ether oxygens (including phenoxy) is 1. The van der Waals surface area contributed by atoms with E-state index in [1.807, 2.05) is 24.3 Å². The number of hydrogen-bond donors (Lipinski definition) is 3. The van der Waals surface area contributed by atoms with Crippen LogP contribution in [0.5, 0.6) is 5.75 Å². The summed E-state index contributed by atoms with van der Waals surface area (Å²) in [6, 6.07) is 7.72. The van der Waals surface area contributed by atoms with E-state index in [0.29, 0.717) is 18.4 Å². The molecular weight excluding hydrogens is 336 g/mol.